The van der Waals surface area contributed by atoms with E-state index in [2.05, 4.69) is 31.0 Å². The molecule has 0 spiro atoms. The maximum absolute atomic E-state index is 15.0. The van der Waals surface area contributed by atoms with Gasteiger partial charge in [0, 0.05) is 37.6 Å². The molecule has 4 heterocycles. The van der Waals surface area contributed by atoms with E-state index >= 15 is 0 Å². The van der Waals surface area contributed by atoms with Gasteiger partial charge in [-0.2, -0.15) is 5.10 Å². The van der Waals surface area contributed by atoms with Gasteiger partial charge in [-0.25, -0.2) is 14.6 Å². The summed E-state index contributed by atoms with van der Waals surface area (Å²) in [6, 6.07) is 45.3. The molecule has 7 aromatic rings. The smallest absolute Gasteiger partial charge is 0.413 e. The van der Waals surface area contributed by atoms with E-state index < -0.39 is 63.4 Å². The zero-order valence-electron chi connectivity index (χ0n) is 39.9. The molecular weight excluding hydrogens is 1000 g/mol. The number of β-lactam (4-membered cyclic amide) rings is 1. The van der Waals surface area contributed by atoms with Crippen molar-refractivity contribution in [1.82, 2.24) is 25.4 Å². The Balaban J connectivity index is 1.07. The van der Waals surface area contributed by atoms with Gasteiger partial charge in [0.15, 0.2) is 16.9 Å². The molecule has 0 aliphatic carbocycles. The average molecular weight is 1050 g/mol. The summed E-state index contributed by atoms with van der Waals surface area (Å²) in [6.07, 6.45) is 0.0887. The van der Waals surface area contributed by atoms with Crippen LogP contribution in [-0.4, -0.2) is 81.7 Å². The minimum atomic E-state index is -1.83. The van der Waals surface area contributed by atoms with E-state index in [0.29, 0.717) is 37.8 Å². The number of aryl methyl sites for hydroxylation is 1. The van der Waals surface area contributed by atoms with Crippen LogP contribution < -0.4 is 10.6 Å². The first-order valence-electron chi connectivity index (χ1n) is 23.0. The van der Waals surface area contributed by atoms with Gasteiger partial charge in [-0.05, 0) is 38.8 Å². The maximum atomic E-state index is 15.0. The number of thioether (sulfide) groups is 2. The van der Waals surface area contributed by atoms with Crippen LogP contribution in [0.5, 0.6) is 0 Å². The van der Waals surface area contributed by atoms with Gasteiger partial charge in [-0.1, -0.05) is 169 Å². The van der Waals surface area contributed by atoms with E-state index in [4.69, 9.17) is 14.3 Å². The lowest BCUT2D eigenvalue weighted by molar-refractivity contribution is -0.154. The highest BCUT2D eigenvalue weighted by Crippen LogP contribution is 2.43. The third kappa shape index (κ3) is 11.2. The number of hydrogen-bond acceptors (Lipinski definition) is 14. The van der Waals surface area contributed by atoms with Gasteiger partial charge in [-0.15, -0.1) is 23.1 Å². The van der Waals surface area contributed by atoms with Crippen molar-refractivity contribution in [1.29, 1.82) is 0 Å². The Morgan fingerprint density at radius 3 is 1.90 bits per heavy atom. The Morgan fingerprint density at radius 1 is 0.836 bits per heavy atom. The Morgan fingerprint density at radius 2 is 1.38 bits per heavy atom. The van der Waals surface area contributed by atoms with Crippen molar-refractivity contribution in [2.75, 3.05) is 16.2 Å². The van der Waals surface area contributed by atoms with E-state index in [1.807, 2.05) is 159 Å². The van der Waals surface area contributed by atoms with Crippen LogP contribution in [0, 0.1) is 6.92 Å². The van der Waals surface area contributed by atoms with Crippen LogP contribution in [0.3, 0.4) is 0 Å². The summed E-state index contributed by atoms with van der Waals surface area (Å²) in [6.45, 7) is 7.09. The number of esters is 1. The van der Waals surface area contributed by atoms with Gasteiger partial charge in [0.2, 0.25) is 5.60 Å². The molecule has 3 amide bonds. The monoisotopic (exact) mass is 1050 g/mol. The number of carbonyl (C=O) groups is 4. The summed E-state index contributed by atoms with van der Waals surface area (Å²) >= 11 is 3.73. The van der Waals surface area contributed by atoms with Crippen LogP contribution in [0.15, 0.2) is 184 Å². The maximum Gasteiger partial charge on any atom is 0.413 e. The average Bonchev–Trinajstić information content (AvgIpc) is 4.04. The van der Waals surface area contributed by atoms with Crippen molar-refractivity contribution in [2.24, 2.45) is 5.16 Å². The molecule has 73 heavy (non-hydrogen) atoms. The number of nitrogens with one attached hydrogen (secondary N) is 3. The third-order valence-electron chi connectivity index (χ3n) is 11.6. The van der Waals surface area contributed by atoms with Crippen molar-refractivity contribution in [3.63, 3.8) is 0 Å². The molecule has 19 heteroatoms. The summed E-state index contributed by atoms with van der Waals surface area (Å²) in [5.74, 6) is -2.50. The third-order valence-corrected chi connectivity index (χ3v) is 16.5. The molecule has 2 aliphatic rings. The second-order valence-corrected chi connectivity index (χ2v) is 22.5. The van der Waals surface area contributed by atoms with Gasteiger partial charge in [0.05, 0.1) is 27.8 Å². The molecule has 1 fully saturated rings. The Kier molecular flexibility index (Phi) is 15.4. The molecule has 2 aliphatic heterocycles. The second kappa shape index (κ2) is 22.2. The Hall–Kier alpha value is -7.32. The number of amides is 3. The minimum Gasteiger partial charge on any atom is -0.448 e. The van der Waals surface area contributed by atoms with E-state index in [1.54, 1.807) is 27.0 Å². The van der Waals surface area contributed by atoms with Crippen LogP contribution in [-0.2, 0) is 45.1 Å². The molecule has 372 valence electrons. The number of anilines is 1. The lowest BCUT2D eigenvalue weighted by atomic mass is 9.80. The fourth-order valence-corrected chi connectivity index (χ4v) is 13.1. The Labute approximate surface area is 436 Å². The number of benzene rings is 5. The molecule has 0 saturated carbocycles. The van der Waals surface area contributed by atoms with Crippen molar-refractivity contribution >= 4 is 80.4 Å². The molecule has 1 unspecified atom stereocenters. The first-order valence-corrected chi connectivity index (χ1v) is 27.2. The number of nitrogens with zero attached hydrogens (tertiary/aromatic N) is 4. The predicted molar refractivity (Wildman–Crippen MR) is 284 cm³/mol. The number of oxime groups is 1. The molecule has 2 aromatic heterocycles. The molecule has 0 bridgehead atoms. The highest BCUT2D eigenvalue weighted by atomic mass is 32.2. The summed E-state index contributed by atoms with van der Waals surface area (Å²) in [5.41, 5.74) is 1.72. The van der Waals surface area contributed by atoms with Crippen LogP contribution in [0.1, 0.15) is 65.9 Å². The molecular formula is C54H49N7O8S4. The summed E-state index contributed by atoms with van der Waals surface area (Å²) in [7, 11) is -1.83. The fourth-order valence-electron chi connectivity index (χ4n) is 8.27. The van der Waals surface area contributed by atoms with Crippen molar-refractivity contribution in [3.05, 3.63) is 213 Å². The zero-order valence-corrected chi connectivity index (χ0v) is 43.2. The van der Waals surface area contributed by atoms with Crippen molar-refractivity contribution < 1.29 is 37.7 Å². The number of hydrogen-bond donors (Lipinski definition) is 3. The number of aromatic amines is 1. The van der Waals surface area contributed by atoms with E-state index in [0.717, 1.165) is 21.9 Å². The van der Waals surface area contributed by atoms with E-state index in [9.17, 15) is 23.4 Å². The van der Waals surface area contributed by atoms with E-state index in [-0.39, 0.29) is 28.0 Å². The van der Waals surface area contributed by atoms with Crippen LogP contribution >= 0.6 is 34.9 Å². The second-order valence-electron chi connectivity index (χ2n) is 17.7. The zero-order chi connectivity index (χ0) is 51.1. The van der Waals surface area contributed by atoms with E-state index in [1.165, 1.54) is 33.8 Å². The summed E-state index contributed by atoms with van der Waals surface area (Å²) in [5, 5.41) is 18.7. The molecule has 9 rings (SSSR count). The van der Waals surface area contributed by atoms with Crippen LogP contribution in [0.4, 0.5) is 9.93 Å². The van der Waals surface area contributed by atoms with Crippen LogP contribution in [0.2, 0.25) is 0 Å². The fraction of sp³-hybridized carbons (Fsp3) is 0.204. The number of ether oxygens (including phenoxy) is 2. The highest BCUT2D eigenvalue weighted by molar-refractivity contribution is 8.18. The predicted octanol–water partition coefficient (Wildman–Crippen LogP) is 9.68. The van der Waals surface area contributed by atoms with Crippen molar-refractivity contribution in [3.8, 4) is 0 Å². The molecule has 3 atom stereocenters. The lowest BCUT2D eigenvalue weighted by Gasteiger charge is -2.49. The van der Waals surface area contributed by atoms with Gasteiger partial charge < -0.3 is 19.6 Å². The number of carbonyl (C=O) groups excluding carboxylic acids is 4. The number of fused-ring (bicyclic) bond motifs is 1. The van der Waals surface area contributed by atoms with Gasteiger partial charge in [0.1, 0.15) is 28.4 Å². The van der Waals surface area contributed by atoms with Gasteiger partial charge >= 0.3 is 12.1 Å². The molecule has 0 radical (unpaired) electrons. The highest BCUT2D eigenvalue weighted by Gasteiger charge is 2.58. The first-order chi connectivity index (χ1) is 35.3. The number of H-pyrrole nitrogens is 1. The quantitative estimate of drug-likeness (QED) is 0.0149. The number of aromatic nitrogens is 3. The van der Waals surface area contributed by atoms with Crippen molar-refractivity contribution in [2.45, 2.75) is 61.4 Å². The lowest BCUT2D eigenvalue weighted by Crippen LogP contribution is -2.74. The summed E-state index contributed by atoms with van der Waals surface area (Å²) in [4.78, 5) is 70.2. The molecule has 15 nitrogen and oxygen atoms in total. The Bertz CT molecular complexity index is 3050. The SMILES string of the molecule is Cc1cn[nH]c1SCSC1=C(C(=O)OC(c2ccccc2)c2ccccc2)N2C(=O)[C@@H](NC(=O)/C(=N\OC(c3ccccc3)(c3ccccc3)c3ccccc3)c3csc(NC(=O)OC(C)(C)C)n3)[C@H]2S(=O)C1. The molecule has 1 saturated heterocycles. The normalized spacial score (nSPS) is 16.8. The standard InChI is InChI=1S/C54H49N7O8S4/c1-34-30-55-59-47(34)72-33-71-41-32-73(66)49-43(48(63)61(49)44(41)50(64)67-45(35-20-10-5-11-21-35)36-22-12-6-13-23-36)57-46(62)42(40-31-70-51(56-40)58-52(65)68-53(2,3)4)60-69-54(37-24-14-7-15-25-37,38-26-16-8-17-27-38)39-28-18-9-19-29-39/h5-31,43,45,49H,32-33H2,1-4H3,(H,55,59)(H,57,62)(H,56,58,65)/b60-42-/t43-,49-,73?/m1/s1. The summed E-state index contributed by atoms with van der Waals surface area (Å²) < 4.78 is 26.3. The molecule has 5 aromatic carbocycles. The number of rotatable bonds is 17. The first kappa shape index (κ1) is 50.6. The largest absolute Gasteiger partial charge is 0.448 e. The number of thiazole rings is 1. The molecule has 3 N–H and O–H groups in total. The van der Waals surface area contributed by atoms with Crippen LogP contribution in [0.25, 0.3) is 0 Å². The van der Waals surface area contributed by atoms with Gasteiger partial charge in [0.25, 0.3) is 11.8 Å². The van der Waals surface area contributed by atoms with Gasteiger partial charge in [-0.3, -0.25) is 29.1 Å². The topological polar surface area (TPSA) is 194 Å². The minimum absolute atomic E-state index is 0.00856.